The molecule has 0 radical (unpaired) electrons. The number of allylic oxidation sites excluding steroid dienone is 6. The maximum Gasteiger partial charge on any atom is 0.185 e. The summed E-state index contributed by atoms with van der Waals surface area (Å²) in [5.41, 5.74) is 6.41. The first-order valence-electron chi connectivity index (χ1n) is 9.68. The van der Waals surface area contributed by atoms with E-state index >= 15 is 0 Å². The van der Waals surface area contributed by atoms with Gasteiger partial charge in [0.25, 0.3) is 0 Å². The first kappa shape index (κ1) is 22.3. The molecule has 154 valence electrons. The number of nitrogens with one attached hydrogen (secondary N) is 1. The van der Waals surface area contributed by atoms with E-state index in [2.05, 4.69) is 35.3 Å². The van der Waals surface area contributed by atoms with E-state index in [1.54, 1.807) is 6.08 Å². The summed E-state index contributed by atoms with van der Waals surface area (Å²) in [6.45, 7) is 14.5. The van der Waals surface area contributed by atoms with E-state index in [-0.39, 0.29) is 5.82 Å². The number of piperidine rings is 1. The fourth-order valence-corrected chi connectivity index (χ4v) is 4.13. The predicted molar refractivity (Wildman–Crippen MR) is 117 cm³/mol. The second kappa shape index (κ2) is 10.5. The zero-order valence-electron chi connectivity index (χ0n) is 16.7. The summed E-state index contributed by atoms with van der Waals surface area (Å²) >= 11 is 1.32. The van der Waals surface area contributed by atoms with Gasteiger partial charge in [0.2, 0.25) is 0 Å². The number of anilines is 2. The Balaban J connectivity index is 2.12. The Morgan fingerprint density at radius 2 is 2.04 bits per heavy atom. The van der Waals surface area contributed by atoms with Crippen LogP contribution in [-0.4, -0.2) is 35.6 Å². The number of nitrogens with zero attached hydrogens (tertiary/aromatic N) is 2. The molecule has 3 N–H and O–H groups in total. The number of nitrogen functional groups attached to an aromatic ring is 1. The first-order chi connectivity index (χ1) is 13.3. The van der Waals surface area contributed by atoms with Gasteiger partial charge in [-0.1, -0.05) is 44.4 Å². The van der Waals surface area contributed by atoms with E-state index in [9.17, 15) is 8.78 Å². The van der Waals surface area contributed by atoms with Gasteiger partial charge < -0.3 is 16.0 Å². The van der Waals surface area contributed by atoms with Crippen LogP contribution in [0.4, 0.5) is 19.7 Å². The standard InChI is InChI=1S/C21H30F2N4S/c1-5-7-8-16(23)13-18(15(4)22)14(3)19-20(24)26-21(28-19)25-17-9-11-27(6-2)12-10-17/h7-8,13,17-18H,3-6,9-12,24H2,1-2H3,(H,25,26)/b8-7-,16-13?. The highest BCUT2D eigenvalue weighted by atomic mass is 32.1. The topological polar surface area (TPSA) is 54.2 Å². The van der Waals surface area contributed by atoms with Crippen LogP contribution in [0.3, 0.4) is 0 Å². The highest BCUT2D eigenvalue weighted by Crippen LogP contribution is 2.38. The van der Waals surface area contributed by atoms with Crippen molar-refractivity contribution in [3.63, 3.8) is 0 Å². The summed E-state index contributed by atoms with van der Waals surface area (Å²) in [5, 5.41) is 4.10. The molecule has 0 aliphatic carbocycles. The van der Waals surface area contributed by atoms with Gasteiger partial charge in [0.05, 0.1) is 10.8 Å². The summed E-state index contributed by atoms with van der Waals surface area (Å²) in [6.07, 6.45) is 6.91. The minimum Gasteiger partial charge on any atom is -0.382 e. The number of hydrogen-bond donors (Lipinski definition) is 2. The Bertz CT molecular complexity index is 746. The minimum atomic E-state index is -0.982. The third-order valence-electron chi connectivity index (χ3n) is 4.86. The smallest absolute Gasteiger partial charge is 0.185 e. The average Bonchev–Trinajstić information content (AvgIpc) is 3.04. The molecule has 2 rings (SSSR count). The van der Waals surface area contributed by atoms with Gasteiger partial charge in [-0.2, -0.15) is 0 Å². The van der Waals surface area contributed by atoms with E-state index in [4.69, 9.17) is 5.73 Å². The number of thiazole rings is 1. The van der Waals surface area contributed by atoms with Crippen molar-refractivity contribution in [2.45, 2.75) is 39.2 Å². The van der Waals surface area contributed by atoms with Crippen molar-refractivity contribution in [2.75, 3.05) is 30.7 Å². The maximum atomic E-state index is 14.0. The van der Waals surface area contributed by atoms with Crippen LogP contribution in [-0.2, 0) is 0 Å². The van der Waals surface area contributed by atoms with Gasteiger partial charge in [0, 0.05) is 19.1 Å². The van der Waals surface area contributed by atoms with Crippen LogP contribution < -0.4 is 11.1 Å². The Labute approximate surface area is 170 Å². The monoisotopic (exact) mass is 408 g/mol. The van der Waals surface area contributed by atoms with Crippen molar-refractivity contribution in [2.24, 2.45) is 5.92 Å². The molecule has 1 aliphatic heterocycles. The third kappa shape index (κ3) is 6.01. The van der Waals surface area contributed by atoms with Crippen molar-refractivity contribution in [1.29, 1.82) is 0 Å². The molecular formula is C21H30F2N4S. The molecule has 1 aromatic rings. The molecule has 0 aromatic carbocycles. The molecule has 0 spiro atoms. The molecule has 1 saturated heterocycles. The van der Waals surface area contributed by atoms with Gasteiger partial charge >= 0.3 is 0 Å². The summed E-state index contributed by atoms with van der Waals surface area (Å²) in [6, 6.07) is 0.331. The van der Waals surface area contributed by atoms with Crippen LogP contribution in [0.25, 0.3) is 5.57 Å². The van der Waals surface area contributed by atoms with E-state index in [0.717, 1.165) is 32.5 Å². The molecule has 7 heteroatoms. The summed E-state index contributed by atoms with van der Waals surface area (Å²) < 4.78 is 28.0. The second-order valence-corrected chi connectivity index (χ2v) is 7.90. The summed E-state index contributed by atoms with van der Waals surface area (Å²) in [5.74, 6) is -1.92. The quantitative estimate of drug-likeness (QED) is 0.526. The molecule has 0 bridgehead atoms. The van der Waals surface area contributed by atoms with E-state index in [1.165, 1.54) is 23.5 Å². The van der Waals surface area contributed by atoms with Crippen molar-refractivity contribution < 1.29 is 8.78 Å². The van der Waals surface area contributed by atoms with Crippen LogP contribution in [0.1, 0.15) is 38.0 Å². The molecule has 4 nitrogen and oxygen atoms in total. The molecule has 1 unspecified atom stereocenters. The van der Waals surface area contributed by atoms with Crippen LogP contribution in [0, 0.1) is 5.92 Å². The Hall–Kier alpha value is -1.99. The highest BCUT2D eigenvalue weighted by molar-refractivity contribution is 7.17. The van der Waals surface area contributed by atoms with Crippen LogP contribution in [0.2, 0.25) is 0 Å². The average molecular weight is 409 g/mol. The minimum absolute atomic E-state index is 0.271. The second-order valence-electron chi connectivity index (χ2n) is 6.90. The lowest BCUT2D eigenvalue weighted by Gasteiger charge is -2.31. The molecule has 0 saturated carbocycles. The van der Waals surface area contributed by atoms with Crippen molar-refractivity contribution >= 4 is 27.9 Å². The number of nitrogens with two attached hydrogens (primary N) is 1. The fourth-order valence-electron chi connectivity index (χ4n) is 3.16. The van der Waals surface area contributed by atoms with E-state index < -0.39 is 17.6 Å². The Morgan fingerprint density at radius 1 is 1.36 bits per heavy atom. The first-order valence-corrected chi connectivity index (χ1v) is 10.5. The van der Waals surface area contributed by atoms with E-state index in [0.29, 0.717) is 28.0 Å². The molecule has 2 heterocycles. The fraction of sp³-hybridized carbons (Fsp3) is 0.476. The molecule has 1 atom stereocenters. The van der Waals surface area contributed by atoms with Gasteiger partial charge in [-0.05, 0) is 43.5 Å². The zero-order chi connectivity index (χ0) is 20.7. The summed E-state index contributed by atoms with van der Waals surface area (Å²) in [7, 11) is 0. The number of likely N-dealkylation sites (tertiary alicyclic amines) is 1. The largest absolute Gasteiger partial charge is 0.382 e. The molecule has 1 aliphatic rings. The molecule has 1 fully saturated rings. The maximum absolute atomic E-state index is 14.0. The van der Waals surface area contributed by atoms with Gasteiger partial charge in [-0.25, -0.2) is 13.8 Å². The summed E-state index contributed by atoms with van der Waals surface area (Å²) in [4.78, 5) is 7.33. The zero-order valence-corrected chi connectivity index (χ0v) is 17.5. The number of rotatable bonds is 9. The Kier molecular flexibility index (Phi) is 8.38. The van der Waals surface area contributed by atoms with Crippen LogP contribution in [0.15, 0.2) is 43.0 Å². The normalized spacial score (nSPS) is 17.8. The van der Waals surface area contributed by atoms with Crippen molar-refractivity contribution in [3.05, 3.63) is 47.9 Å². The van der Waals surface area contributed by atoms with Gasteiger partial charge in [0.1, 0.15) is 17.5 Å². The lowest BCUT2D eigenvalue weighted by Crippen LogP contribution is -2.38. The number of aromatic nitrogens is 1. The molecular weight excluding hydrogens is 378 g/mol. The van der Waals surface area contributed by atoms with Crippen LogP contribution >= 0.6 is 11.3 Å². The van der Waals surface area contributed by atoms with Crippen molar-refractivity contribution in [1.82, 2.24) is 9.88 Å². The third-order valence-corrected chi connectivity index (χ3v) is 5.94. The van der Waals surface area contributed by atoms with Crippen LogP contribution in [0.5, 0.6) is 0 Å². The Morgan fingerprint density at radius 3 is 2.61 bits per heavy atom. The van der Waals surface area contributed by atoms with Gasteiger partial charge in [-0.15, -0.1) is 0 Å². The lowest BCUT2D eigenvalue weighted by atomic mass is 9.97. The lowest BCUT2D eigenvalue weighted by molar-refractivity contribution is 0.229. The number of hydrogen-bond acceptors (Lipinski definition) is 5. The van der Waals surface area contributed by atoms with Gasteiger partial charge in [0.15, 0.2) is 5.13 Å². The predicted octanol–water partition coefficient (Wildman–Crippen LogP) is 5.55. The molecule has 1 aromatic heterocycles. The molecule has 0 amide bonds. The number of halogens is 2. The van der Waals surface area contributed by atoms with Gasteiger partial charge in [-0.3, -0.25) is 0 Å². The molecule has 28 heavy (non-hydrogen) atoms. The van der Waals surface area contributed by atoms with Crippen molar-refractivity contribution in [3.8, 4) is 0 Å². The highest BCUT2D eigenvalue weighted by Gasteiger charge is 2.23. The van der Waals surface area contributed by atoms with E-state index in [1.807, 2.05) is 6.92 Å². The SMILES string of the molecule is C=C(F)C(C=C(F)/C=C\CC)C(=C)c1sc(NC2CCN(CC)CC2)nc1N.